The minimum absolute atomic E-state index is 0.000286. The lowest BCUT2D eigenvalue weighted by Gasteiger charge is -2.35. The molecular weight excluding hydrogens is 622 g/mol. The van der Waals surface area contributed by atoms with Crippen LogP contribution in [0.2, 0.25) is 5.02 Å². The second-order valence-corrected chi connectivity index (χ2v) is 14.1. The van der Waals surface area contributed by atoms with Crippen molar-refractivity contribution in [2.45, 2.75) is 57.1 Å². The highest BCUT2D eigenvalue weighted by Gasteiger charge is 2.35. The fourth-order valence-corrected chi connectivity index (χ4v) is 6.59. The second kappa shape index (κ2) is 15.3. The Bertz CT molecular complexity index is 1710. The number of sulfonamides is 1. The molecule has 0 bridgehead atoms. The molecule has 8 nitrogen and oxygen atoms in total. The lowest BCUT2D eigenvalue weighted by molar-refractivity contribution is -0.140. The van der Waals surface area contributed by atoms with Crippen molar-refractivity contribution in [3.63, 3.8) is 0 Å². The van der Waals surface area contributed by atoms with Crippen LogP contribution in [0.15, 0.2) is 114 Å². The third-order valence-electron chi connectivity index (χ3n) is 7.06. The smallest absolute Gasteiger partial charge is 0.264 e. The van der Waals surface area contributed by atoms with E-state index in [9.17, 15) is 18.0 Å². The molecule has 46 heavy (non-hydrogen) atoms. The van der Waals surface area contributed by atoms with Crippen LogP contribution in [-0.2, 0) is 32.6 Å². The van der Waals surface area contributed by atoms with Gasteiger partial charge < -0.3 is 15.0 Å². The van der Waals surface area contributed by atoms with Crippen molar-refractivity contribution in [3.8, 4) is 5.75 Å². The van der Waals surface area contributed by atoms with E-state index in [0.717, 1.165) is 9.87 Å². The number of amides is 2. The molecule has 0 aliphatic heterocycles. The molecule has 10 heteroatoms. The summed E-state index contributed by atoms with van der Waals surface area (Å²) in [5.74, 6) is -0.374. The van der Waals surface area contributed by atoms with Crippen molar-refractivity contribution in [1.29, 1.82) is 0 Å². The number of hydrogen-bond donors (Lipinski definition) is 1. The molecule has 0 saturated heterocycles. The predicted octanol–water partition coefficient (Wildman–Crippen LogP) is 6.49. The van der Waals surface area contributed by atoms with Gasteiger partial charge in [-0.3, -0.25) is 13.9 Å². The number of hydrogen-bond acceptors (Lipinski definition) is 5. The van der Waals surface area contributed by atoms with E-state index in [1.54, 1.807) is 60.7 Å². The van der Waals surface area contributed by atoms with Crippen molar-refractivity contribution in [2.24, 2.45) is 0 Å². The van der Waals surface area contributed by atoms with Gasteiger partial charge in [0.1, 0.15) is 18.3 Å². The molecule has 1 atom stereocenters. The van der Waals surface area contributed by atoms with Crippen LogP contribution in [0.5, 0.6) is 5.75 Å². The van der Waals surface area contributed by atoms with E-state index in [1.165, 1.54) is 17.0 Å². The highest BCUT2D eigenvalue weighted by Crippen LogP contribution is 2.26. The molecule has 0 radical (unpaired) electrons. The Kier molecular flexibility index (Phi) is 11.5. The van der Waals surface area contributed by atoms with Crippen LogP contribution >= 0.6 is 11.6 Å². The topological polar surface area (TPSA) is 96.0 Å². The van der Waals surface area contributed by atoms with Crippen LogP contribution in [0.25, 0.3) is 0 Å². The maximum absolute atomic E-state index is 14.5. The second-order valence-electron chi connectivity index (χ2n) is 11.8. The highest BCUT2D eigenvalue weighted by molar-refractivity contribution is 7.92. The molecule has 4 aromatic rings. The molecule has 0 spiro atoms. The molecule has 0 saturated carbocycles. The third kappa shape index (κ3) is 9.34. The number of nitrogens with zero attached hydrogens (tertiary/aromatic N) is 2. The van der Waals surface area contributed by atoms with Gasteiger partial charge in [0.25, 0.3) is 10.0 Å². The molecule has 0 aromatic heterocycles. The highest BCUT2D eigenvalue weighted by atomic mass is 35.5. The average Bonchev–Trinajstić information content (AvgIpc) is 3.02. The van der Waals surface area contributed by atoms with E-state index >= 15 is 0 Å². The number of anilines is 1. The largest absolute Gasteiger partial charge is 0.494 e. The van der Waals surface area contributed by atoms with Gasteiger partial charge in [-0.15, -0.1) is 0 Å². The number of carbonyl (C=O) groups is 2. The minimum Gasteiger partial charge on any atom is -0.494 e. The van der Waals surface area contributed by atoms with Crippen LogP contribution in [0.1, 0.15) is 38.8 Å². The maximum Gasteiger partial charge on any atom is 0.264 e. The van der Waals surface area contributed by atoms with Crippen molar-refractivity contribution < 1.29 is 22.7 Å². The summed E-state index contributed by atoms with van der Waals surface area (Å²) in [7, 11) is -4.22. The van der Waals surface area contributed by atoms with Gasteiger partial charge in [-0.1, -0.05) is 72.3 Å². The first-order chi connectivity index (χ1) is 21.9. The van der Waals surface area contributed by atoms with Gasteiger partial charge in [-0.2, -0.15) is 0 Å². The number of rotatable bonds is 13. The van der Waals surface area contributed by atoms with Crippen LogP contribution in [0.3, 0.4) is 0 Å². The zero-order valence-electron chi connectivity index (χ0n) is 26.5. The summed E-state index contributed by atoms with van der Waals surface area (Å²) in [4.78, 5) is 29.9. The average molecular weight is 662 g/mol. The molecular formula is C36H40ClN3O5S. The maximum atomic E-state index is 14.5. The molecule has 0 aliphatic rings. The Balaban J connectivity index is 1.79. The van der Waals surface area contributed by atoms with Gasteiger partial charge in [0.2, 0.25) is 11.8 Å². The van der Waals surface area contributed by atoms with Gasteiger partial charge in [0, 0.05) is 23.5 Å². The van der Waals surface area contributed by atoms with E-state index in [-0.39, 0.29) is 23.8 Å². The zero-order valence-corrected chi connectivity index (χ0v) is 28.1. The molecule has 1 N–H and O–H groups in total. The number of carbonyl (C=O) groups excluding carboxylic acids is 2. The SMILES string of the molecule is CCOc1ccc(S(=O)(=O)N(CC(=O)N(Cc2cccc(Cl)c2)[C@H](Cc2ccccc2)C(=O)NC(C)(C)C)c2ccccc2)cc1. The summed E-state index contributed by atoms with van der Waals surface area (Å²) in [5.41, 5.74) is 1.28. The van der Waals surface area contributed by atoms with Gasteiger partial charge in [0.05, 0.1) is 17.2 Å². The lowest BCUT2D eigenvalue weighted by Crippen LogP contribution is -2.56. The normalized spacial score (nSPS) is 12.2. The number of benzene rings is 4. The monoisotopic (exact) mass is 661 g/mol. The Hall–Kier alpha value is -4.34. The Morgan fingerprint density at radius 1 is 0.848 bits per heavy atom. The van der Waals surface area contributed by atoms with E-state index in [4.69, 9.17) is 16.3 Å². The predicted molar refractivity (Wildman–Crippen MR) is 182 cm³/mol. The summed E-state index contributed by atoms with van der Waals surface area (Å²) in [6.07, 6.45) is 0.214. The number of ether oxygens (including phenoxy) is 1. The van der Waals surface area contributed by atoms with Crippen molar-refractivity contribution >= 4 is 39.1 Å². The molecule has 4 aromatic carbocycles. The van der Waals surface area contributed by atoms with Crippen LogP contribution in [-0.4, -0.2) is 49.9 Å². The van der Waals surface area contributed by atoms with E-state index in [1.807, 2.05) is 64.1 Å². The van der Waals surface area contributed by atoms with Crippen molar-refractivity contribution in [2.75, 3.05) is 17.5 Å². The van der Waals surface area contributed by atoms with Gasteiger partial charge >= 0.3 is 0 Å². The first-order valence-corrected chi connectivity index (χ1v) is 16.9. The Morgan fingerprint density at radius 2 is 1.46 bits per heavy atom. The quantitative estimate of drug-likeness (QED) is 0.177. The Labute approximate surface area is 277 Å². The van der Waals surface area contributed by atoms with E-state index < -0.39 is 34.1 Å². The first-order valence-electron chi connectivity index (χ1n) is 15.1. The molecule has 0 heterocycles. The summed E-state index contributed by atoms with van der Waals surface area (Å²) in [6.45, 7) is 7.37. The summed E-state index contributed by atoms with van der Waals surface area (Å²) >= 11 is 6.31. The number of nitrogens with one attached hydrogen (secondary N) is 1. The number of para-hydroxylation sites is 1. The van der Waals surface area contributed by atoms with E-state index in [2.05, 4.69) is 5.32 Å². The van der Waals surface area contributed by atoms with Crippen LogP contribution < -0.4 is 14.4 Å². The first kappa shape index (κ1) is 34.5. The lowest BCUT2D eigenvalue weighted by atomic mass is 10.0. The fraction of sp³-hybridized carbons (Fsp3) is 0.278. The standard InChI is InChI=1S/C36H40ClN3O5S/c1-5-45-31-19-21-32(22-20-31)46(43,44)40(30-17-10-7-11-18-30)26-34(41)39(25-28-15-12-16-29(37)23-28)33(35(42)38-36(2,3)4)24-27-13-8-6-9-14-27/h6-23,33H,5,24-26H2,1-4H3,(H,38,42)/t33-/m1/s1. The molecule has 4 rings (SSSR count). The Morgan fingerprint density at radius 3 is 2.04 bits per heavy atom. The summed E-state index contributed by atoms with van der Waals surface area (Å²) < 4.78 is 34.9. The minimum atomic E-state index is -4.22. The van der Waals surface area contributed by atoms with Crippen molar-refractivity contribution in [1.82, 2.24) is 10.2 Å². The zero-order chi connectivity index (χ0) is 33.3. The van der Waals surface area contributed by atoms with Gasteiger partial charge in [-0.25, -0.2) is 8.42 Å². The fourth-order valence-electron chi connectivity index (χ4n) is 4.96. The molecule has 0 fully saturated rings. The van der Waals surface area contributed by atoms with Crippen LogP contribution in [0, 0.1) is 0 Å². The summed E-state index contributed by atoms with van der Waals surface area (Å²) in [6, 6.07) is 30.0. The van der Waals surface area contributed by atoms with E-state index in [0.29, 0.717) is 28.6 Å². The van der Waals surface area contributed by atoms with Crippen LogP contribution in [0.4, 0.5) is 5.69 Å². The molecule has 2 amide bonds. The molecule has 0 aliphatic carbocycles. The van der Waals surface area contributed by atoms with Gasteiger partial charge in [-0.05, 0) is 87.4 Å². The van der Waals surface area contributed by atoms with Crippen molar-refractivity contribution in [3.05, 3.63) is 125 Å². The summed E-state index contributed by atoms with van der Waals surface area (Å²) in [5, 5.41) is 3.51. The molecule has 0 unspecified atom stereocenters. The number of halogens is 1. The van der Waals surface area contributed by atoms with Gasteiger partial charge in [0.15, 0.2) is 0 Å². The third-order valence-corrected chi connectivity index (χ3v) is 9.08. The molecule has 242 valence electrons.